The van der Waals surface area contributed by atoms with E-state index in [1.54, 1.807) is 0 Å². The number of rotatable bonds is 4. The zero-order chi connectivity index (χ0) is 13.7. The highest BCUT2D eigenvalue weighted by atomic mass is 16.5. The van der Waals surface area contributed by atoms with Crippen LogP contribution in [-0.2, 0) is 14.3 Å². The molecular weight excluding hydrogens is 242 g/mol. The first-order chi connectivity index (χ1) is 9.24. The molecule has 0 amide bonds. The number of ketones is 1. The number of likely N-dealkylation sites (tertiary alicyclic amines) is 1. The molecule has 2 atom stereocenters. The molecule has 4 nitrogen and oxygen atoms in total. The normalized spacial score (nSPS) is 27.0. The Morgan fingerprint density at radius 1 is 1.26 bits per heavy atom. The van der Waals surface area contributed by atoms with Crippen molar-refractivity contribution in [3.05, 3.63) is 0 Å². The zero-order valence-electron chi connectivity index (χ0n) is 11.9. The fourth-order valence-electron chi connectivity index (χ4n) is 3.34. The highest BCUT2D eigenvalue weighted by Gasteiger charge is 2.39. The Hall–Kier alpha value is -0.900. The van der Waals surface area contributed by atoms with Crippen LogP contribution >= 0.6 is 0 Å². The number of Topliss-reactive ketones (excluding diaryl/α,β-unsaturated/α-hetero) is 1. The topological polar surface area (TPSA) is 46.6 Å². The van der Waals surface area contributed by atoms with Gasteiger partial charge in [-0.3, -0.25) is 14.5 Å². The number of piperidine rings is 1. The molecule has 0 radical (unpaired) electrons. The van der Waals surface area contributed by atoms with Crippen LogP contribution in [-0.4, -0.2) is 42.4 Å². The van der Waals surface area contributed by atoms with Gasteiger partial charge in [0, 0.05) is 12.3 Å². The van der Waals surface area contributed by atoms with Gasteiger partial charge in [-0.25, -0.2) is 0 Å². The van der Waals surface area contributed by atoms with E-state index in [9.17, 15) is 9.59 Å². The summed E-state index contributed by atoms with van der Waals surface area (Å²) in [6.45, 7) is 4.07. The van der Waals surface area contributed by atoms with Crippen molar-refractivity contribution in [2.45, 2.75) is 57.9 Å². The lowest BCUT2D eigenvalue weighted by molar-refractivity contribution is -0.155. The van der Waals surface area contributed by atoms with Crippen LogP contribution in [0.1, 0.15) is 51.9 Å². The fourth-order valence-corrected chi connectivity index (χ4v) is 3.34. The van der Waals surface area contributed by atoms with E-state index in [1.807, 2.05) is 6.92 Å². The Morgan fingerprint density at radius 2 is 2.00 bits per heavy atom. The number of esters is 1. The number of nitrogens with zero attached hydrogens (tertiary/aromatic N) is 1. The maximum atomic E-state index is 12.3. The predicted molar refractivity (Wildman–Crippen MR) is 72.8 cm³/mol. The predicted octanol–water partition coefficient (Wildman–Crippen LogP) is 2.16. The fraction of sp³-hybridized carbons (Fsp3) is 0.867. The third kappa shape index (κ3) is 3.56. The number of hydrogen-bond acceptors (Lipinski definition) is 4. The number of hydrogen-bond donors (Lipinski definition) is 0. The van der Waals surface area contributed by atoms with Crippen molar-refractivity contribution in [1.82, 2.24) is 4.90 Å². The van der Waals surface area contributed by atoms with Crippen molar-refractivity contribution >= 4 is 11.8 Å². The van der Waals surface area contributed by atoms with Gasteiger partial charge in [0.1, 0.15) is 11.8 Å². The molecule has 1 aliphatic carbocycles. The molecule has 2 aliphatic rings. The summed E-state index contributed by atoms with van der Waals surface area (Å²) in [7, 11) is 0. The first kappa shape index (κ1) is 14.5. The summed E-state index contributed by atoms with van der Waals surface area (Å²) in [6, 6.07) is -0.326. The molecule has 1 saturated carbocycles. The largest absolute Gasteiger partial charge is 0.465 e. The van der Waals surface area contributed by atoms with Gasteiger partial charge in [0.25, 0.3) is 0 Å². The average Bonchev–Trinajstić information content (AvgIpc) is 2.43. The van der Waals surface area contributed by atoms with Crippen molar-refractivity contribution in [3.8, 4) is 0 Å². The summed E-state index contributed by atoms with van der Waals surface area (Å²) in [5.74, 6) is -0.0644. The minimum absolute atomic E-state index is 0.133. The SMILES string of the molecule is CCOC(=O)[C@@H]([C@@H]1CCCCC1=O)N1CCCCC1. The van der Waals surface area contributed by atoms with Gasteiger partial charge in [0.15, 0.2) is 0 Å². The zero-order valence-corrected chi connectivity index (χ0v) is 11.9. The third-order valence-corrected chi connectivity index (χ3v) is 4.30. The molecule has 4 heteroatoms. The van der Waals surface area contributed by atoms with Crippen LogP contribution < -0.4 is 0 Å². The highest BCUT2D eigenvalue weighted by Crippen LogP contribution is 2.29. The molecule has 19 heavy (non-hydrogen) atoms. The van der Waals surface area contributed by atoms with E-state index in [4.69, 9.17) is 4.74 Å². The van der Waals surface area contributed by atoms with Crippen LogP contribution in [0.5, 0.6) is 0 Å². The number of ether oxygens (including phenoxy) is 1. The van der Waals surface area contributed by atoms with Gasteiger partial charge >= 0.3 is 5.97 Å². The molecule has 0 aromatic carbocycles. The molecule has 0 spiro atoms. The van der Waals surface area contributed by atoms with Gasteiger partial charge in [0.05, 0.1) is 6.61 Å². The Labute approximate surface area is 115 Å². The second-order valence-electron chi connectivity index (χ2n) is 5.61. The van der Waals surface area contributed by atoms with E-state index in [0.717, 1.165) is 45.2 Å². The van der Waals surface area contributed by atoms with Gasteiger partial charge < -0.3 is 4.74 Å². The lowest BCUT2D eigenvalue weighted by atomic mass is 9.81. The van der Waals surface area contributed by atoms with E-state index in [-0.39, 0.29) is 23.7 Å². The van der Waals surface area contributed by atoms with Crippen molar-refractivity contribution in [2.24, 2.45) is 5.92 Å². The van der Waals surface area contributed by atoms with E-state index in [1.165, 1.54) is 6.42 Å². The van der Waals surface area contributed by atoms with E-state index < -0.39 is 0 Å². The minimum atomic E-state index is -0.326. The summed E-state index contributed by atoms with van der Waals surface area (Å²) in [5, 5.41) is 0. The molecule has 0 aromatic heterocycles. The standard InChI is InChI=1S/C15H25NO3/c1-2-19-15(18)14(16-10-6-3-7-11-16)12-8-4-5-9-13(12)17/h12,14H,2-11H2,1H3/t12-,14-/m1/s1. The first-order valence-corrected chi connectivity index (χ1v) is 7.67. The molecule has 2 rings (SSSR count). The summed E-state index contributed by atoms with van der Waals surface area (Å²) < 4.78 is 5.23. The molecule has 0 unspecified atom stereocenters. The Morgan fingerprint density at radius 3 is 2.63 bits per heavy atom. The minimum Gasteiger partial charge on any atom is -0.465 e. The smallest absolute Gasteiger partial charge is 0.324 e. The van der Waals surface area contributed by atoms with Crippen LogP contribution in [0.25, 0.3) is 0 Å². The van der Waals surface area contributed by atoms with Crippen molar-refractivity contribution in [3.63, 3.8) is 0 Å². The van der Waals surface area contributed by atoms with Crippen molar-refractivity contribution < 1.29 is 14.3 Å². The summed E-state index contributed by atoms with van der Waals surface area (Å²) >= 11 is 0. The second kappa shape index (κ2) is 7.04. The molecule has 1 aliphatic heterocycles. The van der Waals surface area contributed by atoms with Gasteiger partial charge in [-0.05, 0) is 45.7 Å². The molecular formula is C15H25NO3. The summed E-state index contributed by atoms with van der Waals surface area (Å²) in [4.78, 5) is 26.6. The van der Waals surface area contributed by atoms with Crippen LogP contribution in [0, 0.1) is 5.92 Å². The Kier molecular flexibility index (Phi) is 5.37. The lowest BCUT2D eigenvalue weighted by Gasteiger charge is -2.38. The van der Waals surface area contributed by atoms with Crippen LogP contribution in [0.15, 0.2) is 0 Å². The second-order valence-corrected chi connectivity index (χ2v) is 5.61. The van der Waals surface area contributed by atoms with Crippen molar-refractivity contribution in [1.29, 1.82) is 0 Å². The number of carbonyl (C=O) groups excluding carboxylic acids is 2. The molecule has 0 bridgehead atoms. The Bertz CT molecular complexity index is 323. The quantitative estimate of drug-likeness (QED) is 0.732. The summed E-state index contributed by atoms with van der Waals surface area (Å²) in [6.07, 6.45) is 6.98. The first-order valence-electron chi connectivity index (χ1n) is 7.67. The van der Waals surface area contributed by atoms with Crippen LogP contribution in [0.3, 0.4) is 0 Å². The molecule has 2 fully saturated rings. The highest BCUT2D eigenvalue weighted by molar-refractivity contribution is 5.89. The molecule has 1 saturated heterocycles. The van der Waals surface area contributed by atoms with Crippen LogP contribution in [0.2, 0.25) is 0 Å². The van der Waals surface area contributed by atoms with E-state index in [0.29, 0.717) is 13.0 Å². The van der Waals surface area contributed by atoms with Gasteiger partial charge in [0.2, 0.25) is 0 Å². The van der Waals surface area contributed by atoms with Crippen molar-refractivity contribution in [2.75, 3.05) is 19.7 Å². The molecule has 0 N–H and O–H groups in total. The van der Waals surface area contributed by atoms with Gasteiger partial charge in [-0.1, -0.05) is 12.8 Å². The maximum absolute atomic E-state index is 12.3. The van der Waals surface area contributed by atoms with E-state index in [2.05, 4.69) is 4.90 Å². The molecule has 108 valence electrons. The molecule has 0 aromatic rings. The number of carbonyl (C=O) groups is 2. The third-order valence-electron chi connectivity index (χ3n) is 4.30. The Balaban J connectivity index is 2.11. The monoisotopic (exact) mass is 267 g/mol. The maximum Gasteiger partial charge on any atom is 0.324 e. The van der Waals surface area contributed by atoms with Crippen LogP contribution in [0.4, 0.5) is 0 Å². The lowest BCUT2D eigenvalue weighted by Crippen LogP contribution is -2.51. The van der Waals surface area contributed by atoms with E-state index >= 15 is 0 Å². The average molecular weight is 267 g/mol. The van der Waals surface area contributed by atoms with Gasteiger partial charge in [-0.2, -0.15) is 0 Å². The molecule has 1 heterocycles. The van der Waals surface area contributed by atoms with Gasteiger partial charge in [-0.15, -0.1) is 0 Å². The summed E-state index contributed by atoms with van der Waals surface area (Å²) in [5.41, 5.74) is 0.